The molecule has 17 heavy (non-hydrogen) atoms. The molecule has 1 aromatic carbocycles. The molecule has 5 nitrogen and oxygen atoms in total. The SMILES string of the molecule is CN(C)C(=O)CN(c1ccccc1)S(C)(=O)=O. The van der Waals surface area contributed by atoms with Gasteiger partial charge in [0.1, 0.15) is 6.54 Å². The number of hydrogen-bond donors (Lipinski definition) is 0. The van der Waals surface area contributed by atoms with Crippen LogP contribution in [0.25, 0.3) is 0 Å². The number of sulfonamides is 1. The summed E-state index contributed by atoms with van der Waals surface area (Å²) in [6, 6.07) is 8.56. The molecule has 1 amide bonds. The van der Waals surface area contributed by atoms with E-state index < -0.39 is 10.0 Å². The van der Waals surface area contributed by atoms with Crippen LogP contribution in [0.1, 0.15) is 0 Å². The van der Waals surface area contributed by atoms with Crippen LogP contribution in [-0.4, -0.2) is 46.1 Å². The third-order valence-corrected chi connectivity index (χ3v) is 3.36. The summed E-state index contributed by atoms with van der Waals surface area (Å²) in [6.45, 7) is -0.185. The predicted molar refractivity (Wildman–Crippen MR) is 67.3 cm³/mol. The van der Waals surface area contributed by atoms with Gasteiger partial charge in [0.05, 0.1) is 11.9 Å². The Morgan fingerprint density at radius 2 is 1.71 bits per heavy atom. The Morgan fingerprint density at radius 3 is 2.12 bits per heavy atom. The van der Waals surface area contributed by atoms with Crippen molar-refractivity contribution < 1.29 is 13.2 Å². The Bertz CT molecular complexity index is 483. The van der Waals surface area contributed by atoms with Gasteiger partial charge in [0, 0.05) is 14.1 Å². The maximum Gasteiger partial charge on any atom is 0.242 e. The minimum atomic E-state index is -3.46. The maximum atomic E-state index is 11.6. The van der Waals surface area contributed by atoms with E-state index in [2.05, 4.69) is 0 Å². The maximum absolute atomic E-state index is 11.6. The van der Waals surface area contributed by atoms with E-state index in [-0.39, 0.29) is 12.5 Å². The van der Waals surface area contributed by atoms with Crippen molar-refractivity contribution >= 4 is 21.6 Å². The number of rotatable bonds is 4. The zero-order valence-electron chi connectivity index (χ0n) is 10.1. The lowest BCUT2D eigenvalue weighted by Gasteiger charge is -2.23. The van der Waals surface area contributed by atoms with Crippen LogP contribution >= 0.6 is 0 Å². The number of anilines is 1. The summed E-state index contributed by atoms with van der Waals surface area (Å²) in [5, 5.41) is 0. The highest BCUT2D eigenvalue weighted by molar-refractivity contribution is 7.92. The zero-order chi connectivity index (χ0) is 13.1. The molecule has 0 spiro atoms. The molecule has 0 atom stereocenters. The highest BCUT2D eigenvalue weighted by Gasteiger charge is 2.21. The quantitative estimate of drug-likeness (QED) is 0.790. The first-order valence-corrected chi connectivity index (χ1v) is 6.90. The van der Waals surface area contributed by atoms with E-state index in [1.54, 1.807) is 44.4 Å². The van der Waals surface area contributed by atoms with E-state index in [0.29, 0.717) is 5.69 Å². The molecule has 0 heterocycles. The number of carbonyl (C=O) groups excluding carboxylic acids is 1. The lowest BCUT2D eigenvalue weighted by molar-refractivity contribution is -0.127. The summed E-state index contributed by atoms with van der Waals surface area (Å²) in [6.07, 6.45) is 1.09. The molecule has 0 radical (unpaired) electrons. The van der Waals surface area contributed by atoms with Gasteiger partial charge in [-0.1, -0.05) is 18.2 Å². The van der Waals surface area contributed by atoms with Crippen molar-refractivity contribution in [1.29, 1.82) is 0 Å². The lowest BCUT2D eigenvalue weighted by atomic mass is 10.3. The van der Waals surface area contributed by atoms with Crippen molar-refractivity contribution in [3.8, 4) is 0 Å². The Balaban J connectivity index is 3.03. The average Bonchev–Trinajstić information content (AvgIpc) is 2.25. The molecule has 0 saturated carbocycles. The Kier molecular flexibility index (Phi) is 4.11. The molecule has 1 rings (SSSR count). The summed E-state index contributed by atoms with van der Waals surface area (Å²) < 4.78 is 24.4. The van der Waals surface area contributed by atoms with Crippen molar-refractivity contribution in [3.05, 3.63) is 30.3 Å². The first-order chi connectivity index (χ1) is 7.82. The van der Waals surface area contributed by atoms with E-state index in [1.165, 1.54) is 4.90 Å². The van der Waals surface area contributed by atoms with Gasteiger partial charge in [-0.3, -0.25) is 9.10 Å². The van der Waals surface area contributed by atoms with Crippen molar-refractivity contribution in [2.75, 3.05) is 31.2 Å². The van der Waals surface area contributed by atoms with Crippen LogP contribution in [0.5, 0.6) is 0 Å². The number of nitrogens with zero attached hydrogens (tertiary/aromatic N) is 2. The van der Waals surface area contributed by atoms with Gasteiger partial charge in [0.15, 0.2) is 0 Å². The molecule has 0 fully saturated rings. The van der Waals surface area contributed by atoms with E-state index in [0.717, 1.165) is 10.6 Å². The summed E-state index contributed by atoms with van der Waals surface area (Å²) in [5.74, 6) is -0.265. The van der Waals surface area contributed by atoms with Gasteiger partial charge < -0.3 is 4.90 Å². The molecule has 0 aromatic heterocycles. The molecule has 94 valence electrons. The molecular weight excluding hydrogens is 240 g/mol. The standard InChI is InChI=1S/C11H16N2O3S/c1-12(2)11(14)9-13(17(3,15)16)10-7-5-4-6-8-10/h4-8H,9H2,1-3H3. The Morgan fingerprint density at radius 1 is 1.18 bits per heavy atom. The summed E-state index contributed by atoms with van der Waals surface area (Å²) in [7, 11) is -0.279. The van der Waals surface area contributed by atoms with Crippen LogP contribution in [0.3, 0.4) is 0 Å². The lowest BCUT2D eigenvalue weighted by Crippen LogP contribution is -2.39. The fourth-order valence-electron chi connectivity index (χ4n) is 1.26. The number of hydrogen-bond acceptors (Lipinski definition) is 3. The molecule has 0 unspecified atom stereocenters. The van der Waals surface area contributed by atoms with Crippen LogP contribution in [-0.2, 0) is 14.8 Å². The van der Waals surface area contributed by atoms with Gasteiger partial charge in [0.2, 0.25) is 15.9 Å². The van der Waals surface area contributed by atoms with Gasteiger partial charge in [-0.2, -0.15) is 0 Å². The van der Waals surface area contributed by atoms with E-state index in [1.807, 2.05) is 0 Å². The molecular formula is C11H16N2O3S. The minimum absolute atomic E-state index is 0.185. The second-order valence-corrected chi connectivity index (χ2v) is 5.80. The highest BCUT2D eigenvalue weighted by Crippen LogP contribution is 2.16. The smallest absolute Gasteiger partial charge is 0.242 e. The van der Waals surface area contributed by atoms with Crippen molar-refractivity contribution in [3.63, 3.8) is 0 Å². The van der Waals surface area contributed by atoms with Crippen molar-refractivity contribution in [1.82, 2.24) is 4.90 Å². The first-order valence-electron chi connectivity index (χ1n) is 5.05. The highest BCUT2D eigenvalue weighted by atomic mass is 32.2. The van der Waals surface area contributed by atoms with Gasteiger partial charge in [-0.25, -0.2) is 8.42 Å². The normalized spacial score (nSPS) is 11.0. The molecule has 1 aromatic rings. The molecule has 0 saturated heterocycles. The average molecular weight is 256 g/mol. The van der Waals surface area contributed by atoms with Crippen molar-refractivity contribution in [2.45, 2.75) is 0 Å². The van der Waals surface area contributed by atoms with Gasteiger partial charge in [-0.15, -0.1) is 0 Å². The number of para-hydroxylation sites is 1. The van der Waals surface area contributed by atoms with E-state index in [4.69, 9.17) is 0 Å². The predicted octanol–water partition coefficient (Wildman–Crippen LogP) is 0.541. The second kappa shape index (κ2) is 5.18. The number of amides is 1. The van der Waals surface area contributed by atoms with E-state index >= 15 is 0 Å². The van der Waals surface area contributed by atoms with Gasteiger partial charge >= 0.3 is 0 Å². The molecule has 0 aliphatic rings. The Labute approximate surface area is 102 Å². The molecule has 0 aliphatic carbocycles. The number of likely N-dealkylation sites (N-methyl/N-ethyl adjacent to an activating group) is 1. The van der Waals surface area contributed by atoms with Crippen LogP contribution in [0, 0.1) is 0 Å². The zero-order valence-corrected chi connectivity index (χ0v) is 10.9. The third kappa shape index (κ3) is 3.74. The van der Waals surface area contributed by atoms with Crippen LogP contribution in [0.4, 0.5) is 5.69 Å². The van der Waals surface area contributed by atoms with Gasteiger partial charge in [0.25, 0.3) is 0 Å². The number of benzene rings is 1. The minimum Gasteiger partial charge on any atom is -0.347 e. The van der Waals surface area contributed by atoms with Crippen molar-refractivity contribution in [2.24, 2.45) is 0 Å². The monoisotopic (exact) mass is 256 g/mol. The summed E-state index contributed by atoms with van der Waals surface area (Å²) in [5.41, 5.74) is 0.491. The topological polar surface area (TPSA) is 57.7 Å². The fourth-order valence-corrected chi connectivity index (χ4v) is 2.11. The molecule has 6 heteroatoms. The summed E-state index contributed by atoms with van der Waals surface area (Å²) in [4.78, 5) is 13.0. The Hall–Kier alpha value is -1.56. The molecule has 0 bridgehead atoms. The van der Waals surface area contributed by atoms with Crippen LogP contribution in [0.2, 0.25) is 0 Å². The number of carbonyl (C=O) groups is 1. The second-order valence-electron chi connectivity index (χ2n) is 3.89. The van der Waals surface area contributed by atoms with Gasteiger partial charge in [-0.05, 0) is 12.1 Å². The summed E-state index contributed by atoms with van der Waals surface area (Å²) >= 11 is 0. The third-order valence-electron chi connectivity index (χ3n) is 2.22. The van der Waals surface area contributed by atoms with Crippen LogP contribution in [0.15, 0.2) is 30.3 Å². The van der Waals surface area contributed by atoms with E-state index in [9.17, 15) is 13.2 Å². The first kappa shape index (κ1) is 13.5. The largest absolute Gasteiger partial charge is 0.347 e. The van der Waals surface area contributed by atoms with Crippen LogP contribution < -0.4 is 4.31 Å². The molecule has 0 N–H and O–H groups in total. The molecule has 0 aliphatic heterocycles. The fraction of sp³-hybridized carbons (Fsp3) is 0.364.